The molecule has 1 N–H and O–H groups in total. The Hall–Kier alpha value is -0.830. The third kappa shape index (κ3) is 1.75. The van der Waals surface area contributed by atoms with E-state index in [4.69, 9.17) is 11.6 Å². The zero-order chi connectivity index (χ0) is 9.47. The van der Waals surface area contributed by atoms with Crippen LogP contribution in [0.1, 0.15) is 5.56 Å². The first-order valence-corrected chi connectivity index (χ1v) is 4.35. The Labute approximate surface area is 79.7 Å². The van der Waals surface area contributed by atoms with Crippen LogP contribution < -0.4 is 5.32 Å². The van der Waals surface area contributed by atoms with E-state index in [2.05, 4.69) is 5.32 Å². The molecule has 1 aromatic carbocycles. The van der Waals surface area contributed by atoms with Crippen LogP contribution in [-0.4, -0.2) is 12.5 Å². The van der Waals surface area contributed by atoms with Gasteiger partial charge in [0.25, 0.3) is 5.92 Å². The van der Waals surface area contributed by atoms with Gasteiger partial charge in [-0.1, -0.05) is 17.7 Å². The Morgan fingerprint density at radius 1 is 1.38 bits per heavy atom. The van der Waals surface area contributed by atoms with Crippen LogP contribution in [0.2, 0.25) is 5.02 Å². The second-order valence-electron chi connectivity index (χ2n) is 3.19. The highest BCUT2D eigenvalue weighted by atomic mass is 35.5. The average Bonchev–Trinajstić information content (AvgIpc) is 2.05. The maximum Gasteiger partial charge on any atom is 0.269 e. The summed E-state index contributed by atoms with van der Waals surface area (Å²) in [5, 5.41) is 3.23. The van der Waals surface area contributed by atoms with Crippen molar-refractivity contribution in [2.75, 3.05) is 11.9 Å². The van der Waals surface area contributed by atoms with Gasteiger partial charge < -0.3 is 5.32 Å². The largest absolute Gasteiger partial charge is 0.379 e. The van der Waals surface area contributed by atoms with Gasteiger partial charge in [-0.25, -0.2) is 8.78 Å². The van der Waals surface area contributed by atoms with Crippen molar-refractivity contribution in [1.29, 1.82) is 0 Å². The van der Waals surface area contributed by atoms with Gasteiger partial charge in [0.1, 0.15) is 0 Å². The maximum absolute atomic E-state index is 12.9. The monoisotopic (exact) mass is 203 g/mol. The normalized spacial score (nSPS) is 19.0. The minimum Gasteiger partial charge on any atom is -0.379 e. The van der Waals surface area contributed by atoms with Crippen LogP contribution in [0.5, 0.6) is 0 Å². The highest BCUT2D eigenvalue weighted by Gasteiger charge is 2.33. The molecule has 1 aromatic rings. The molecule has 0 fully saturated rings. The molecule has 4 heteroatoms. The number of nitrogens with one attached hydrogen (secondary N) is 1. The summed E-state index contributed by atoms with van der Waals surface area (Å²) in [7, 11) is 0. The molecule has 1 nitrogen and oxygen atoms in total. The zero-order valence-corrected chi connectivity index (χ0v) is 7.54. The second kappa shape index (κ2) is 2.84. The standard InChI is InChI=1S/C9H8ClF2N/c10-7-2-1-6-4-9(11,12)5-13-8(6)3-7/h1-3,13H,4-5H2. The van der Waals surface area contributed by atoms with Gasteiger partial charge in [-0.3, -0.25) is 0 Å². The highest BCUT2D eigenvalue weighted by Crippen LogP contribution is 2.32. The summed E-state index contributed by atoms with van der Waals surface area (Å²) in [5.74, 6) is -2.64. The molecule has 0 bridgehead atoms. The first-order valence-electron chi connectivity index (χ1n) is 3.97. The van der Waals surface area contributed by atoms with Gasteiger partial charge >= 0.3 is 0 Å². The Morgan fingerprint density at radius 3 is 2.92 bits per heavy atom. The molecule has 1 aliphatic rings. The van der Waals surface area contributed by atoms with E-state index in [1.165, 1.54) is 0 Å². The van der Waals surface area contributed by atoms with Crippen molar-refractivity contribution in [3.05, 3.63) is 28.8 Å². The Kier molecular flexibility index (Phi) is 1.91. The molecule has 1 heterocycles. The topological polar surface area (TPSA) is 12.0 Å². The van der Waals surface area contributed by atoms with Crippen molar-refractivity contribution in [2.24, 2.45) is 0 Å². The molecule has 2 rings (SSSR count). The molecule has 1 aliphatic heterocycles. The van der Waals surface area contributed by atoms with Crippen LogP contribution in [0.4, 0.5) is 14.5 Å². The number of benzene rings is 1. The lowest BCUT2D eigenvalue weighted by atomic mass is 10.0. The molecule has 0 saturated carbocycles. The third-order valence-corrected chi connectivity index (χ3v) is 2.29. The van der Waals surface area contributed by atoms with Crippen LogP contribution >= 0.6 is 11.6 Å². The molecule has 0 saturated heterocycles. The van der Waals surface area contributed by atoms with Gasteiger partial charge in [0.2, 0.25) is 0 Å². The number of rotatable bonds is 0. The van der Waals surface area contributed by atoms with Crippen LogP contribution in [0.15, 0.2) is 18.2 Å². The van der Waals surface area contributed by atoms with Crippen LogP contribution in [0.25, 0.3) is 0 Å². The van der Waals surface area contributed by atoms with E-state index in [0.29, 0.717) is 10.6 Å². The molecule has 0 aromatic heterocycles. The second-order valence-corrected chi connectivity index (χ2v) is 3.62. The fourth-order valence-electron chi connectivity index (χ4n) is 1.43. The van der Waals surface area contributed by atoms with Gasteiger partial charge in [0.15, 0.2) is 0 Å². The smallest absolute Gasteiger partial charge is 0.269 e. The summed E-state index contributed by atoms with van der Waals surface area (Å²) < 4.78 is 25.8. The maximum atomic E-state index is 12.9. The zero-order valence-electron chi connectivity index (χ0n) is 6.78. The van der Waals surface area contributed by atoms with E-state index < -0.39 is 5.92 Å². The van der Waals surface area contributed by atoms with E-state index >= 15 is 0 Å². The van der Waals surface area contributed by atoms with Gasteiger partial charge in [-0.05, 0) is 17.7 Å². The number of hydrogen-bond donors (Lipinski definition) is 1. The molecule has 0 aliphatic carbocycles. The van der Waals surface area contributed by atoms with Crippen molar-refractivity contribution in [3.63, 3.8) is 0 Å². The van der Waals surface area contributed by atoms with Gasteiger partial charge in [0.05, 0.1) is 6.54 Å². The molecular weight excluding hydrogens is 196 g/mol. The molecule has 0 radical (unpaired) electrons. The Morgan fingerprint density at radius 2 is 2.15 bits per heavy atom. The van der Waals surface area contributed by atoms with Crippen molar-refractivity contribution >= 4 is 17.3 Å². The number of halogens is 3. The summed E-state index contributed by atoms with van der Waals surface area (Å²) in [6.07, 6.45) is -0.202. The van der Waals surface area contributed by atoms with Gasteiger partial charge in [0, 0.05) is 17.1 Å². The lowest BCUT2D eigenvalue weighted by Crippen LogP contribution is -2.34. The fraction of sp³-hybridized carbons (Fsp3) is 0.333. The molecule has 13 heavy (non-hydrogen) atoms. The Bertz CT molecular complexity index is 338. The summed E-state index contributed by atoms with van der Waals surface area (Å²) in [6.45, 7) is -0.305. The predicted molar refractivity (Wildman–Crippen MR) is 48.6 cm³/mol. The fourth-order valence-corrected chi connectivity index (χ4v) is 1.61. The number of fused-ring (bicyclic) bond motifs is 1. The number of hydrogen-bond acceptors (Lipinski definition) is 1. The predicted octanol–water partition coefficient (Wildman–Crippen LogP) is 2.94. The van der Waals surface area contributed by atoms with Crippen molar-refractivity contribution in [1.82, 2.24) is 0 Å². The minimum absolute atomic E-state index is 0.202. The Balaban J connectivity index is 2.37. The third-order valence-electron chi connectivity index (χ3n) is 2.06. The average molecular weight is 204 g/mol. The van der Waals surface area contributed by atoms with Crippen molar-refractivity contribution < 1.29 is 8.78 Å². The minimum atomic E-state index is -2.64. The molecule has 0 atom stereocenters. The summed E-state index contributed by atoms with van der Waals surface area (Å²) in [5.41, 5.74) is 1.35. The molecule has 70 valence electrons. The quantitative estimate of drug-likeness (QED) is 0.684. The summed E-state index contributed by atoms with van der Waals surface area (Å²) in [4.78, 5) is 0. The molecule has 0 amide bonds. The van der Waals surface area contributed by atoms with Crippen LogP contribution in [0.3, 0.4) is 0 Å². The van der Waals surface area contributed by atoms with E-state index in [9.17, 15) is 8.78 Å². The lowest BCUT2D eigenvalue weighted by Gasteiger charge is -2.25. The van der Waals surface area contributed by atoms with Crippen LogP contribution in [0, 0.1) is 0 Å². The van der Waals surface area contributed by atoms with Crippen LogP contribution in [-0.2, 0) is 6.42 Å². The molecular formula is C9H8ClF2N. The van der Waals surface area contributed by atoms with E-state index in [-0.39, 0.29) is 13.0 Å². The van der Waals surface area contributed by atoms with Crippen molar-refractivity contribution in [3.8, 4) is 0 Å². The molecule has 0 spiro atoms. The van der Waals surface area contributed by atoms with E-state index in [0.717, 1.165) is 5.69 Å². The highest BCUT2D eigenvalue weighted by molar-refractivity contribution is 6.30. The lowest BCUT2D eigenvalue weighted by molar-refractivity contribution is 0.0129. The van der Waals surface area contributed by atoms with Crippen molar-refractivity contribution in [2.45, 2.75) is 12.3 Å². The number of alkyl halides is 2. The first kappa shape index (κ1) is 8.75. The first-order chi connectivity index (χ1) is 6.07. The number of anilines is 1. The van der Waals surface area contributed by atoms with E-state index in [1.807, 2.05) is 0 Å². The van der Waals surface area contributed by atoms with E-state index in [1.54, 1.807) is 18.2 Å². The molecule has 0 unspecified atom stereocenters. The SMILES string of the molecule is FC1(F)CNc2cc(Cl)ccc2C1. The summed E-state index contributed by atoms with van der Waals surface area (Å²) >= 11 is 5.72. The van der Waals surface area contributed by atoms with Gasteiger partial charge in [-0.2, -0.15) is 0 Å². The summed E-state index contributed by atoms with van der Waals surface area (Å²) in [6, 6.07) is 4.94. The van der Waals surface area contributed by atoms with Gasteiger partial charge in [-0.15, -0.1) is 0 Å².